The smallest absolute Gasteiger partial charge is 0.432 e. The Bertz CT molecular complexity index is 2680. The SMILES string of the molecule is CCCCCCCCCC[C@@H](OC(=O)[C@](OC)(c1ccccc1)C(F)(F)F)[C@H]1CC[C@H]([C@@H](CC[C@H](OC(=O)[C@](OC)(c2ccccc2)C(F)(F)F)[C@@H]2CC[C@@H](CCCCCCCCCC3=C[C@H](C)OC3=O)O2)OC(=O)[C@](OC)(c2ccccc2)C(F)(F)F)O1. The van der Waals surface area contributed by atoms with Gasteiger partial charge in [0.25, 0.3) is 16.8 Å². The van der Waals surface area contributed by atoms with Crippen LogP contribution in [0.2, 0.25) is 0 Å². The topological polar surface area (TPSA) is 151 Å². The molecule has 3 aromatic carbocycles. The van der Waals surface area contributed by atoms with Gasteiger partial charge in [-0.25, -0.2) is 19.2 Å². The standard InChI is InChI=1S/C67H87F9O13/c1-6-7-8-9-10-14-17-29-38-52(87-59(78)62(81-3,65(68,69)70)48-31-22-18-23-32-48)54-41-42-55(86-54)57(89-61(80)64(83-5,67(74,75)76)50-35-26-20-27-36-50)44-43-56(88-60(79)63(82-4,66(71,72)73)49-33-24-19-25-34-49)53-40-39-51(85-53)37-28-16-13-11-12-15-21-30-47-45-46(2)84-58(47)77/h18-20,22-27,31-36,45-46,51-57H,6-17,21,28-30,37-44H2,1-5H3/t46-,51+,52+,53-,54+,55+,56-,57+,62+,63+,64+/m0/s1. The zero-order valence-electron chi connectivity index (χ0n) is 51.5. The number of methoxy groups -OCH3 is 3. The number of alkyl halides is 9. The summed E-state index contributed by atoms with van der Waals surface area (Å²) < 4.78 is 190. The van der Waals surface area contributed by atoms with E-state index in [9.17, 15) is 19.2 Å². The van der Waals surface area contributed by atoms with Gasteiger partial charge in [-0.3, -0.25) is 0 Å². The van der Waals surface area contributed by atoms with Crippen molar-refractivity contribution in [2.75, 3.05) is 21.3 Å². The molecule has 13 nitrogen and oxygen atoms in total. The average molecular weight is 1270 g/mol. The lowest BCUT2D eigenvalue weighted by Crippen LogP contribution is -2.54. The number of rotatable bonds is 37. The summed E-state index contributed by atoms with van der Waals surface area (Å²) in [6.45, 7) is 3.90. The van der Waals surface area contributed by atoms with Gasteiger partial charge in [-0.2, -0.15) is 39.5 Å². The maximum absolute atomic E-state index is 15.6. The number of benzene rings is 3. The second kappa shape index (κ2) is 33.7. The third-order valence-electron chi connectivity index (χ3n) is 17.3. The van der Waals surface area contributed by atoms with Crippen LogP contribution in [-0.2, 0) is 78.6 Å². The van der Waals surface area contributed by atoms with Gasteiger partial charge in [0.15, 0.2) is 0 Å². The zero-order valence-corrected chi connectivity index (χ0v) is 51.5. The van der Waals surface area contributed by atoms with Crippen LogP contribution in [0.1, 0.15) is 185 Å². The van der Waals surface area contributed by atoms with Gasteiger partial charge in [0.05, 0.1) is 24.4 Å². The van der Waals surface area contributed by atoms with E-state index in [1.807, 2.05) is 13.0 Å². The highest BCUT2D eigenvalue weighted by Crippen LogP contribution is 2.48. The minimum absolute atomic E-state index is 0.0251. The molecule has 0 spiro atoms. The predicted molar refractivity (Wildman–Crippen MR) is 311 cm³/mol. The maximum atomic E-state index is 15.6. The van der Waals surface area contributed by atoms with E-state index in [4.69, 9.17) is 42.6 Å². The molecule has 0 aliphatic carbocycles. The molecule has 496 valence electrons. The van der Waals surface area contributed by atoms with E-state index in [1.165, 1.54) is 54.6 Å². The molecular weight excluding hydrogens is 1180 g/mol. The van der Waals surface area contributed by atoms with Crippen molar-refractivity contribution in [2.24, 2.45) is 0 Å². The van der Waals surface area contributed by atoms with Gasteiger partial charge in [-0.05, 0) is 83.6 Å². The summed E-state index contributed by atoms with van der Waals surface area (Å²) in [6.07, 6.45) is -10.3. The first-order valence-corrected chi connectivity index (χ1v) is 31.3. The first kappa shape index (κ1) is 72.5. The number of cyclic esters (lactones) is 1. The number of carbonyl (C=O) groups is 4. The van der Waals surface area contributed by atoms with E-state index in [0.717, 1.165) is 127 Å². The Morgan fingerprint density at radius 1 is 0.472 bits per heavy atom. The average Bonchev–Trinajstić information content (AvgIpc) is 1.44. The summed E-state index contributed by atoms with van der Waals surface area (Å²) in [7, 11) is 2.08. The van der Waals surface area contributed by atoms with Gasteiger partial charge < -0.3 is 42.6 Å². The Morgan fingerprint density at radius 3 is 1.19 bits per heavy atom. The van der Waals surface area contributed by atoms with Crippen LogP contribution in [0, 0.1) is 0 Å². The molecular formula is C67H87F9O13. The Kier molecular flexibility index (Phi) is 27.4. The second-order valence-electron chi connectivity index (χ2n) is 23.4. The fourth-order valence-corrected chi connectivity index (χ4v) is 12.4. The summed E-state index contributed by atoms with van der Waals surface area (Å²) in [4.78, 5) is 55.3. The van der Waals surface area contributed by atoms with Gasteiger partial charge in [0, 0.05) is 43.6 Å². The quantitative estimate of drug-likeness (QED) is 0.0233. The van der Waals surface area contributed by atoms with Crippen molar-refractivity contribution in [2.45, 2.75) is 252 Å². The number of unbranched alkanes of at least 4 members (excludes halogenated alkanes) is 13. The molecule has 0 amide bonds. The number of hydrogen-bond donors (Lipinski definition) is 0. The van der Waals surface area contributed by atoms with Crippen LogP contribution in [0.15, 0.2) is 103 Å². The summed E-state index contributed by atoms with van der Waals surface area (Å²) in [5.74, 6) is -5.91. The molecule has 0 radical (unpaired) electrons. The molecule has 6 rings (SSSR count). The molecule has 0 saturated carbocycles. The summed E-state index contributed by atoms with van der Waals surface area (Å²) in [5, 5.41) is 0. The van der Waals surface area contributed by atoms with Crippen molar-refractivity contribution in [3.05, 3.63) is 119 Å². The lowest BCUT2D eigenvalue weighted by molar-refractivity contribution is -0.282. The van der Waals surface area contributed by atoms with Crippen LogP contribution in [0.25, 0.3) is 0 Å². The molecule has 89 heavy (non-hydrogen) atoms. The number of hydrogen-bond acceptors (Lipinski definition) is 13. The van der Waals surface area contributed by atoms with Crippen molar-refractivity contribution in [3.63, 3.8) is 0 Å². The van der Waals surface area contributed by atoms with Crippen LogP contribution in [0.5, 0.6) is 0 Å². The van der Waals surface area contributed by atoms with Crippen LogP contribution in [0.3, 0.4) is 0 Å². The molecule has 22 heteroatoms. The van der Waals surface area contributed by atoms with Crippen molar-refractivity contribution >= 4 is 23.9 Å². The van der Waals surface area contributed by atoms with Gasteiger partial charge in [-0.1, -0.05) is 181 Å². The monoisotopic (exact) mass is 1270 g/mol. The van der Waals surface area contributed by atoms with E-state index >= 15 is 39.5 Å². The van der Waals surface area contributed by atoms with Gasteiger partial charge >= 0.3 is 42.4 Å². The van der Waals surface area contributed by atoms with Gasteiger partial charge in [0.1, 0.15) is 24.4 Å². The minimum Gasteiger partial charge on any atom is -0.457 e. The van der Waals surface area contributed by atoms with E-state index in [1.54, 1.807) is 0 Å². The molecule has 2 saturated heterocycles. The second-order valence-corrected chi connectivity index (χ2v) is 23.4. The molecule has 3 aromatic rings. The van der Waals surface area contributed by atoms with E-state index in [-0.39, 0.29) is 37.8 Å². The number of carbonyl (C=O) groups excluding carboxylic acids is 4. The lowest BCUT2D eigenvalue weighted by atomic mass is 9.91. The van der Waals surface area contributed by atoms with Crippen molar-refractivity contribution in [1.82, 2.24) is 0 Å². The normalized spacial score (nSPS) is 22.0. The lowest BCUT2D eigenvalue weighted by Gasteiger charge is -2.37. The van der Waals surface area contributed by atoms with Crippen molar-refractivity contribution < 1.29 is 101 Å². The largest absolute Gasteiger partial charge is 0.457 e. The van der Waals surface area contributed by atoms with Crippen molar-refractivity contribution in [3.8, 4) is 0 Å². The Labute approximate surface area is 516 Å². The molecule has 0 unspecified atom stereocenters. The van der Waals surface area contributed by atoms with Crippen molar-refractivity contribution in [1.29, 1.82) is 0 Å². The fourth-order valence-electron chi connectivity index (χ4n) is 12.4. The Morgan fingerprint density at radius 2 is 0.820 bits per heavy atom. The third kappa shape index (κ3) is 18.2. The molecule has 3 heterocycles. The van der Waals surface area contributed by atoms with Crippen LogP contribution >= 0.6 is 0 Å². The first-order chi connectivity index (χ1) is 42.4. The van der Waals surface area contributed by atoms with Gasteiger partial charge in [-0.15, -0.1) is 0 Å². The highest BCUT2D eigenvalue weighted by Gasteiger charge is 2.67. The van der Waals surface area contributed by atoms with Crippen LogP contribution < -0.4 is 0 Å². The van der Waals surface area contributed by atoms with E-state index in [2.05, 4.69) is 6.92 Å². The van der Waals surface area contributed by atoms with Crippen LogP contribution in [0.4, 0.5) is 39.5 Å². The van der Waals surface area contributed by atoms with E-state index < -0.39 is 125 Å². The summed E-state index contributed by atoms with van der Waals surface area (Å²) in [6, 6.07) is 18.2. The summed E-state index contributed by atoms with van der Waals surface area (Å²) >= 11 is 0. The molecule has 0 N–H and O–H groups in total. The highest BCUT2D eigenvalue weighted by atomic mass is 19.4. The van der Waals surface area contributed by atoms with Crippen LogP contribution in [-0.4, -0.2) is 113 Å². The predicted octanol–water partition coefficient (Wildman–Crippen LogP) is 15.8. The first-order valence-electron chi connectivity index (χ1n) is 31.3. The zero-order chi connectivity index (χ0) is 64.9. The molecule has 0 aromatic heterocycles. The molecule has 0 bridgehead atoms. The highest BCUT2D eigenvalue weighted by molar-refractivity contribution is 5.90. The Hall–Kier alpha value is -5.55. The summed E-state index contributed by atoms with van der Waals surface area (Å²) in [5.41, 5.74) is -12.2. The maximum Gasteiger partial charge on any atom is 0.432 e. The molecule has 11 atom stereocenters. The fraction of sp³-hybridized carbons (Fsp3) is 0.642. The molecule has 2 fully saturated rings. The Balaban J connectivity index is 1.29. The third-order valence-corrected chi connectivity index (χ3v) is 17.3. The number of esters is 4. The van der Waals surface area contributed by atoms with E-state index in [0.29, 0.717) is 51.9 Å². The minimum atomic E-state index is -5.47. The number of ether oxygens (including phenoxy) is 9. The molecule has 3 aliphatic heterocycles. The molecule has 3 aliphatic rings. The van der Waals surface area contributed by atoms with Gasteiger partial charge in [0.2, 0.25) is 0 Å². The number of halogens is 9.